The Labute approximate surface area is 154 Å². The molecule has 3 rings (SSSR count). The molecule has 27 heavy (non-hydrogen) atoms. The van der Waals surface area contributed by atoms with Crippen LogP contribution in [0, 0.1) is 0 Å². The third-order valence-electron chi connectivity index (χ3n) is 4.11. The highest BCUT2D eigenvalue weighted by molar-refractivity contribution is 5.92. The molecule has 0 saturated carbocycles. The van der Waals surface area contributed by atoms with Crippen LogP contribution in [0.2, 0.25) is 0 Å². The van der Waals surface area contributed by atoms with E-state index < -0.39 is 12.0 Å². The summed E-state index contributed by atoms with van der Waals surface area (Å²) in [6.07, 6.45) is -4.67. The topological polar surface area (TPSA) is 56.3 Å². The van der Waals surface area contributed by atoms with E-state index in [2.05, 4.69) is 15.3 Å². The number of alkyl halides is 3. The lowest BCUT2D eigenvalue weighted by molar-refractivity contribution is -0.144. The van der Waals surface area contributed by atoms with Gasteiger partial charge < -0.3 is 14.8 Å². The summed E-state index contributed by atoms with van der Waals surface area (Å²) in [5.74, 6) is -0.475. The number of hydrogen-bond acceptors (Lipinski definition) is 5. The molecule has 2 aromatic carbocycles. The van der Waals surface area contributed by atoms with Crippen LogP contribution in [0.15, 0.2) is 42.5 Å². The molecule has 0 bridgehead atoms. The monoisotopic (exact) mass is 377 g/mol. The van der Waals surface area contributed by atoms with E-state index >= 15 is 0 Å². The Balaban J connectivity index is 2.15. The largest absolute Gasteiger partial charge is 0.493 e. The Kier molecular flexibility index (Phi) is 5.07. The molecule has 0 aliphatic carbocycles. The first kappa shape index (κ1) is 18.8. The SMILES string of the molecule is COc1cc2nc(C(F)(F)F)nc(NC(C)c3ccccc3)c2cc1OC. The van der Waals surface area contributed by atoms with E-state index in [4.69, 9.17) is 9.47 Å². The lowest BCUT2D eigenvalue weighted by atomic mass is 10.1. The van der Waals surface area contributed by atoms with Gasteiger partial charge in [-0.3, -0.25) is 0 Å². The van der Waals surface area contributed by atoms with Gasteiger partial charge in [-0.15, -0.1) is 0 Å². The van der Waals surface area contributed by atoms with Crippen molar-refractivity contribution >= 4 is 16.7 Å². The van der Waals surface area contributed by atoms with Crippen molar-refractivity contribution in [2.75, 3.05) is 19.5 Å². The summed E-state index contributed by atoms with van der Waals surface area (Å²) >= 11 is 0. The van der Waals surface area contributed by atoms with Crippen LogP contribution < -0.4 is 14.8 Å². The predicted octanol–water partition coefficient (Wildman–Crippen LogP) is 4.84. The third kappa shape index (κ3) is 3.89. The van der Waals surface area contributed by atoms with E-state index in [9.17, 15) is 13.2 Å². The van der Waals surface area contributed by atoms with Gasteiger partial charge in [0.2, 0.25) is 5.82 Å². The fourth-order valence-corrected chi connectivity index (χ4v) is 2.72. The molecule has 1 aromatic heterocycles. The van der Waals surface area contributed by atoms with E-state index in [-0.39, 0.29) is 17.4 Å². The number of aromatic nitrogens is 2. The van der Waals surface area contributed by atoms with Crippen LogP contribution in [0.25, 0.3) is 10.9 Å². The molecule has 1 N–H and O–H groups in total. The summed E-state index contributed by atoms with van der Waals surface area (Å²) in [5.41, 5.74) is 1.02. The summed E-state index contributed by atoms with van der Waals surface area (Å²) in [6, 6.07) is 12.1. The highest BCUT2D eigenvalue weighted by atomic mass is 19.4. The highest BCUT2D eigenvalue weighted by Gasteiger charge is 2.36. The normalized spacial score (nSPS) is 12.7. The van der Waals surface area contributed by atoms with Gasteiger partial charge in [0.1, 0.15) is 5.82 Å². The van der Waals surface area contributed by atoms with Gasteiger partial charge in [-0.25, -0.2) is 9.97 Å². The second kappa shape index (κ2) is 7.30. The molecule has 8 heteroatoms. The zero-order valence-electron chi connectivity index (χ0n) is 15.0. The Bertz CT molecular complexity index is 946. The van der Waals surface area contributed by atoms with E-state index in [0.717, 1.165) is 5.56 Å². The number of halogens is 3. The lowest BCUT2D eigenvalue weighted by Gasteiger charge is -2.18. The summed E-state index contributed by atoms with van der Waals surface area (Å²) < 4.78 is 50.3. The molecular weight excluding hydrogens is 359 g/mol. The van der Waals surface area contributed by atoms with Gasteiger partial charge in [-0.2, -0.15) is 13.2 Å². The van der Waals surface area contributed by atoms with Crippen molar-refractivity contribution in [1.82, 2.24) is 9.97 Å². The number of ether oxygens (including phenoxy) is 2. The van der Waals surface area contributed by atoms with Crippen LogP contribution in [0.5, 0.6) is 11.5 Å². The van der Waals surface area contributed by atoms with E-state index in [1.807, 2.05) is 37.3 Å². The van der Waals surface area contributed by atoms with E-state index in [1.54, 1.807) is 6.07 Å². The average molecular weight is 377 g/mol. The number of nitrogens with zero attached hydrogens (tertiary/aromatic N) is 2. The van der Waals surface area contributed by atoms with E-state index in [0.29, 0.717) is 16.9 Å². The molecule has 0 amide bonds. The zero-order valence-corrected chi connectivity index (χ0v) is 15.0. The van der Waals surface area contributed by atoms with Crippen LogP contribution in [0.4, 0.5) is 19.0 Å². The maximum atomic E-state index is 13.3. The standard InChI is InChI=1S/C19H18F3N3O2/c1-11(12-7-5-4-6-8-12)23-17-13-9-15(26-2)16(27-3)10-14(13)24-18(25-17)19(20,21)22/h4-11H,1-3H3,(H,23,24,25). The smallest absolute Gasteiger partial charge is 0.451 e. The van der Waals surface area contributed by atoms with Crippen LogP contribution in [0.3, 0.4) is 0 Å². The van der Waals surface area contributed by atoms with Gasteiger partial charge in [-0.1, -0.05) is 30.3 Å². The number of anilines is 1. The minimum atomic E-state index is -4.67. The minimum Gasteiger partial charge on any atom is -0.493 e. The molecule has 0 saturated heterocycles. The Hall–Kier alpha value is -3.03. The van der Waals surface area contributed by atoms with Crippen LogP contribution in [-0.2, 0) is 6.18 Å². The molecule has 0 spiro atoms. The maximum absolute atomic E-state index is 13.3. The zero-order chi connectivity index (χ0) is 19.6. The van der Waals surface area contributed by atoms with Crippen LogP contribution in [-0.4, -0.2) is 24.2 Å². The molecule has 0 fully saturated rings. The first-order chi connectivity index (χ1) is 12.8. The van der Waals surface area contributed by atoms with Crippen molar-refractivity contribution < 1.29 is 22.6 Å². The van der Waals surface area contributed by atoms with Gasteiger partial charge in [0, 0.05) is 17.5 Å². The van der Waals surface area contributed by atoms with Gasteiger partial charge >= 0.3 is 6.18 Å². The second-order valence-electron chi connectivity index (χ2n) is 5.89. The maximum Gasteiger partial charge on any atom is 0.451 e. The van der Waals surface area contributed by atoms with Crippen LogP contribution in [0.1, 0.15) is 24.4 Å². The highest BCUT2D eigenvalue weighted by Crippen LogP contribution is 2.37. The number of methoxy groups -OCH3 is 2. The predicted molar refractivity (Wildman–Crippen MR) is 96.1 cm³/mol. The molecule has 142 valence electrons. The van der Waals surface area contributed by atoms with Crippen LogP contribution >= 0.6 is 0 Å². The summed E-state index contributed by atoms with van der Waals surface area (Å²) in [6.45, 7) is 1.84. The Morgan fingerprint density at radius 2 is 1.59 bits per heavy atom. The Morgan fingerprint density at radius 3 is 2.19 bits per heavy atom. The summed E-state index contributed by atoms with van der Waals surface area (Å²) in [4.78, 5) is 7.38. The number of fused-ring (bicyclic) bond motifs is 1. The van der Waals surface area contributed by atoms with Crippen molar-refractivity contribution in [2.45, 2.75) is 19.1 Å². The number of nitrogens with one attached hydrogen (secondary N) is 1. The molecule has 0 radical (unpaired) electrons. The number of rotatable bonds is 5. The first-order valence-corrected chi connectivity index (χ1v) is 8.16. The molecule has 0 aliphatic rings. The van der Waals surface area contributed by atoms with Crippen molar-refractivity contribution in [3.05, 3.63) is 53.9 Å². The summed E-state index contributed by atoms with van der Waals surface area (Å²) in [7, 11) is 2.86. The molecule has 1 heterocycles. The molecule has 3 aromatic rings. The average Bonchev–Trinajstić information content (AvgIpc) is 2.66. The third-order valence-corrected chi connectivity index (χ3v) is 4.11. The van der Waals surface area contributed by atoms with Crippen molar-refractivity contribution in [3.8, 4) is 11.5 Å². The number of benzene rings is 2. The van der Waals surface area contributed by atoms with Gasteiger partial charge in [0.15, 0.2) is 11.5 Å². The summed E-state index contributed by atoms with van der Waals surface area (Å²) in [5, 5.41) is 3.46. The quantitative estimate of drug-likeness (QED) is 0.690. The minimum absolute atomic E-state index is 0.0737. The lowest BCUT2D eigenvalue weighted by Crippen LogP contribution is -2.15. The Morgan fingerprint density at radius 1 is 0.963 bits per heavy atom. The fraction of sp³-hybridized carbons (Fsp3) is 0.263. The second-order valence-corrected chi connectivity index (χ2v) is 5.89. The van der Waals surface area contributed by atoms with Gasteiger partial charge in [0.25, 0.3) is 0 Å². The molecule has 1 atom stereocenters. The van der Waals surface area contributed by atoms with Gasteiger partial charge in [-0.05, 0) is 18.6 Å². The molecular formula is C19H18F3N3O2. The molecule has 1 unspecified atom stereocenters. The first-order valence-electron chi connectivity index (χ1n) is 8.16. The fourth-order valence-electron chi connectivity index (χ4n) is 2.72. The number of hydrogen-bond donors (Lipinski definition) is 1. The van der Waals surface area contributed by atoms with Crippen molar-refractivity contribution in [1.29, 1.82) is 0 Å². The van der Waals surface area contributed by atoms with Crippen molar-refractivity contribution in [3.63, 3.8) is 0 Å². The van der Waals surface area contributed by atoms with E-state index in [1.165, 1.54) is 20.3 Å². The molecule has 0 aliphatic heterocycles. The van der Waals surface area contributed by atoms with Crippen molar-refractivity contribution in [2.24, 2.45) is 0 Å². The van der Waals surface area contributed by atoms with Gasteiger partial charge in [0.05, 0.1) is 19.7 Å². The molecule has 5 nitrogen and oxygen atoms in total.